The second kappa shape index (κ2) is 7.95. The zero-order valence-electron chi connectivity index (χ0n) is 14.0. The van der Waals surface area contributed by atoms with Gasteiger partial charge in [-0.05, 0) is 61.8 Å². The molecule has 0 radical (unpaired) electrons. The first-order chi connectivity index (χ1) is 11.7. The number of hydrogen-bond acceptors (Lipinski definition) is 4. The molecule has 2 aromatic carbocycles. The van der Waals surface area contributed by atoms with Crippen molar-refractivity contribution in [2.75, 3.05) is 24.7 Å². The van der Waals surface area contributed by atoms with Crippen LogP contribution in [-0.4, -0.2) is 13.2 Å². The highest BCUT2D eigenvalue weighted by Gasteiger charge is 2.22. The van der Waals surface area contributed by atoms with Crippen molar-refractivity contribution in [2.24, 2.45) is 11.8 Å². The van der Waals surface area contributed by atoms with Crippen LogP contribution in [0, 0.1) is 11.8 Å². The van der Waals surface area contributed by atoms with Crippen LogP contribution in [0.4, 0.5) is 11.4 Å². The molecule has 128 valence electrons. The summed E-state index contributed by atoms with van der Waals surface area (Å²) < 4.78 is 11.8. The van der Waals surface area contributed by atoms with Gasteiger partial charge in [-0.1, -0.05) is 12.1 Å². The maximum absolute atomic E-state index is 5.88. The average molecular weight is 326 g/mol. The van der Waals surface area contributed by atoms with Crippen molar-refractivity contribution in [3.8, 4) is 11.5 Å². The highest BCUT2D eigenvalue weighted by Crippen LogP contribution is 2.30. The summed E-state index contributed by atoms with van der Waals surface area (Å²) in [5, 5.41) is 0. The van der Waals surface area contributed by atoms with Gasteiger partial charge in [0, 0.05) is 23.5 Å². The van der Waals surface area contributed by atoms with Gasteiger partial charge in [-0.3, -0.25) is 0 Å². The van der Waals surface area contributed by atoms with Crippen LogP contribution in [0.15, 0.2) is 48.5 Å². The van der Waals surface area contributed by atoms with Gasteiger partial charge < -0.3 is 20.9 Å². The molecule has 0 amide bonds. The first kappa shape index (κ1) is 16.5. The van der Waals surface area contributed by atoms with E-state index in [1.54, 1.807) is 0 Å². The van der Waals surface area contributed by atoms with E-state index in [1.165, 1.54) is 25.7 Å². The maximum atomic E-state index is 5.88. The summed E-state index contributed by atoms with van der Waals surface area (Å²) in [7, 11) is 0. The zero-order chi connectivity index (χ0) is 16.8. The predicted octanol–water partition coefficient (Wildman–Crippen LogP) is 4.12. The van der Waals surface area contributed by atoms with E-state index >= 15 is 0 Å². The number of rotatable bonds is 6. The van der Waals surface area contributed by atoms with E-state index in [9.17, 15) is 0 Å². The monoisotopic (exact) mass is 326 g/mol. The van der Waals surface area contributed by atoms with Gasteiger partial charge in [0.15, 0.2) is 0 Å². The molecular formula is C20H26N2O2. The molecule has 0 saturated heterocycles. The molecule has 0 atom stereocenters. The van der Waals surface area contributed by atoms with Gasteiger partial charge in [0.2, 0.25) is 0 Å². The molecule has 0 bridgehead atoms. The Morgan fingerprint density at radius 2 is 1.12 bits per heavy atom. The summed E-state index contributed by atoms with van der Waals surface area (Å²) in [5.74, 6) is 2.97. The maximum Gasteiger partial charge on any atom is 0.121 e. The van der Waals surface area contributed by atoms with Crippen molar-refractivity contribution >= 4 is 11.4 Å². The molecule has 0 unspecified atom stereocenters. The fourth-order valence-electron chi connectivity index (χ4n) is 3.20. The first-order valence-electron chi connectivity index (χ1n) is 8.66. The molecule has 1 fully saturated rings. The number of anilines is 2. The van der Waals surface area contributed by atoms with Crippen molar-refractivity contribution in [1.29, 1.82) is 0 Å². The zero-order valence-corrected chi connectivity index (χ0v) is 14.0. The van der Waals surface area contributed by atoms with E-state index in [1.807, 2.05) is 48.5 Å². The smallest absolute Gasteiger partial charge is 0.121 e. The largest absolute Gasteiger partial charge is 0.493 e. The van der Waals surface area contributed by atoms with Gasteiger partial charge in [-0.2, -0.15) is 0 Å². The van der Waals surface area contributed by atoms with Gasteiger partial charge in [-0.15, -0.1) is 0 Å². The average Bonchev–Trinajstić information content (AvgIpc) is 2.59. The molecule has 1 aliphatic carbocycles. The molecule has 1 saturated carbocycles. The Bertz CT molecular complexity index is 594. The molecule has 1 aliphatic rings. The minimum atomic E-state index is 0.620. The molecule has 4 heteroatoms. The van der Waals surface area contributed by atoms with Crippen LogP contribution in [0.5, 0.6) is 11.5 Å². The van der Waals surface area contributed by atoms with Crippen LogP contribution in [0.3, 0.4) is 0 Å². The lowest BCUT2D eigenvalue weighted by Crippen LogP contribution is -2.23. The second-order valence-corrected chi connectivity index (χ2v) is 6.65. The summed E-state index contributed by atoms with van der Waals surface area (Å²) in [6.45, 7) is 1.54. The Balaban J connectivity index is 1.38. The highest BCUT2D eigenvalue weighted by atomic mass is 16.5. The van der Waals surface area contributed by atoms with Crippen molar-refractivity contribution in [2.45, 2.75) is 25.7 Å². The highest BCUT2D eigenvalue weighted by molar-refractivity contribution is 5.44. The van der Waals surface area contributed by atoms with E-state index in [4.69, 9.17) is 20.9 Å². The summed E-state index contributed by atoms with van der Waals surface area (Å²) in [4.78, 5) is 0. The van der Waals surface area contributed by atoms with Crippen molar-refractivity contribution in [3.05, 3.63) is 48.5 Å². The van der Waals surface area contributed by atoms with Crippen LogP contribution in [0.1, 0.15) is 25.7 Å². The van der Waals surface area contributed by atoms with Crippen LogP contribution in [0.25, 0.3) is 0 Å². The molecule has 2 aromatic rings. The van der Waals surface area contributed by atoms with Crippen molar-refractivity contribution in [1.82, 2.24) is 0 Å². The lowest BCUT2D eigenvalue weighted by atomic mass is 9.83. The molecule has 4 nitrogen and oxygen atoms in total. The molecule has 4 N–H and O–H groups in total. The van der Waals surface area contributed by atoms with Crippen LogP contribution >= 0.6 is 0 Å². The van der Waals surface area contributed by atoms with Gasteiger partial charge >= 0.3 is 0 Å². The lowest BCUT2D eigenvalue weighted by molar-refractivity contribution is 0.148. The van der Waals surface area contributed by atoms with Gasteiger partial charge in [-0.25, -0.2) is 0 Å². The van der Waals surface area contributed by atoms with Gasteiger partial charge in [0.05, 0.1) is 13.2 Å². The van der Waals surface area contributed by atoms with Crippen molar-refractivity contribution < 1.29 is 9.47 Å². The molecule has 24 heavy (non-hydrogen) atoms. The van der Waals surface area contributed by atoms with Gasteiger partial charge in [0.25, 0.3) is 0 Å². The van der Waals surface area contributed by atoms with Crippen molar-refractivity contribution in [3.63, 3.8) is 0 Å². The molecule has 0 aromatic heterocycles. The number of benzene rings is 2. The fraction of sp³-hybridized carbons (Fsp3) is 0.400. The summed E-state index contributed by atoms with van der Waals surface area (Å²) in [5.41, 5.74) is 13.0. The summed E-state index contributed by atoms with van der Waals surface area (Å²) >= 11 is 0. The van der Waals surface area contributed by atoms with Gasteiger partial charge in [0.1, 0.15) is 11.5 Å². The minimum Gasteiger partial charge on any atom is -0.493 e. The minimum absolute atomic E-state index is 0.620. The van der Waals surface area contributed by atoms with E-state index < -0.39 is 0 Å². The molecule has 0 aliphatic heterocycles. The Morgan fingerprint density at radius 1 is 0.708 bits per heavy atom. The fourth-order valence-corrected chi connectivity index (χ4v) is 3.20. The predicted molar refractivity (Wildman–Crippen MR) is 98.1 cm³/mol. The molecule has 3 rings (SSSR count). The number of nitrogen functional groups attached to an aromatic ring is 2. The topological polar surface area (TPSA) is 70.5 Å². The van der Waals surface area contributed by atoms with E-state index in [0.29, 0.717) is 11.8 Å². The normalized spacial score (nSPS) is 20.5. The third-order valence-corrected chi connectivity index (χ3v) is 4.65. The van der Waals surface area contributed by atoms with E-state index in [2.05, 4.69) is 0 Å². The third-order valence-electron chi connectivity index (χ3n) is 4.65. The quantitative estimate of drug-likeness (QED) is 0.784. The Morgan fingerprint density at radius 3 is 1.50 bits per heavy atom. The standard InChI is InChI=1S/C20H26N2O2/c21-17-3-1-5-19(11-17)23-13-15-7-9-16(10-8-15)14-24-20-6-2-4-18(22)12-20/h1-6,11-12,15-16H,7-10,13-14,21-22H2. The van der Waals surface area contributed by atoms with Crippen LogP contribution in [0.2, 0.25) is 0 Å². The molecular weight excluding hydrogens is 300 g/mol. The number of ether oxygens (including phenoxy) is 2. The molecule has 0 heterocycles. The number of nitrogens with two attached hydrogens (primary N) is 2. The Kier molecular flexibility index (Phi) is 5.47. The number of hydrogen-bond donors (Lipinski definition) is 2. The summed E-state index contributed by atoms with van der Waals surface area (Å²) in [6, 6.07) is 15.3. The van der Waals surface area contributed by atoms with Crippen LogP contribution < -0.4 is 20.9 Å². The Labute approximate surface area is 143 Å². The molecule has 0 spiro atoms. The lowest BCUT2D eigenvalue weighted by Gasteiger charge is -2.28. The third kappa shape index (κ3) is 4.82. The second-order valence-electron chi connectivity index (χ2n) is 6.65. The van der Waals surface area contributed by atoms with E-state index in [-0.39, 0.29) is 0 Å². The first-order valence-corrected chi connectivity index (χ1v) is 8.66. The van der Waals surface area contributed by atoms with Crippen LogP contribution in [-0.2, 0) is 0 Å². The van der Waals surface area contributed by atoms with E-state index in [0.717, 1.165) is 36.1 Å². The Hall–Kier alpha value is -2.36. The summed E-state index contributed by atoms with van der Waals surface area (Å²) in [6.07, 6.45) is 4.75. The SMILES string of the molecule is Nc1cccc(OCC2CCC(COc3cccc(N)c3)CC2)c1.